The standard InChI is InChI=1S/C19H21NO.C2H6.H2/c1-13-5-3-8-17-11-18(20-12-19(13)17)10-15-6-4-7-16(9-15)14(2)21;1-2;/h3,5,8,10-12,16H,4,6-7,9H2,1-2H3;1-2H3;1H/b15-10-;;/t16-;;/m0../s1. The van der Waals surface area contributed by atoms with Crippen molar-refractivity contribution >= 4 is 22.6 Å². The van der Waals surface area contributed by atoms with Gasteiger partial charge in [0.05, 0.1) is 5.69 Å². The second-order valence-corrected chi connectivity index (χ2v) is 6.11. The lowest BCUT2D eigenvalue weighted by atomic mass is 9.83. The van der Waals surface area contributed by atoms with E-state index < -0.39 is 0 Å². The van der Waals surface area contributed by atoms with E-state index in [9.17, 15) is 4.79 Å². The average molecular weight is 311 g/mol. The molecule has 0 N–H and O–H groups in total. The maximum atomic E-state index is 11.6. The zero-order valence-electron chi connectivity index (χ0n) is 14.7. The summed E-state index contributed by atoms with van der Waals surface area (Å²) < 4.78 is 0. The third kappa shape index (κ3) is 4.28. The number of aromatic nitrogens is 1. The molecule has 0 bridgehead atoms. The predicted octanol–water partition coefficient (Wildman–Crippen LogP) is 5.98. The first-order chi connectivity index (χ1) is 11.1. The van der Waals surface area contributed by atoms with Crippen molar-refractivity contribution in [2.45, 2.75) is 53.4 Å². The molecule has 2 nitrogen and oxygen atoms in total. The Morgan fingerprint density at radius 3 is 2.87 bits per heavy atom. The highest BCUT2D eigenvalue weighted by Gasteiger charge is 2.20. The SMILES string of the molecule is CC.CC(=O)[C@H]1CCC/C(=C/c2cc3cccc(C)c3cn2)C1.[HH]. The fourth-order valence-electron chi connectivity index (χ4n) is 3.20. The van der Waals surface area contributed by atoms with Crippen molar-refractivity contribution in [2.24, 2.45) is 5.92 Å². The lowest BCUT2D eigenvalue weighted by Crippen LogP contribution is -2.15. The smallest absolute Gasteiger partial charge is 0.133 e. The van der Waals surface area contributed by atoms with E-state index in [-0.39, 0.29) is 7.34 Å². The highest BCUT2D eigenvalue weighted by Crippen LogP contribution is 2.30. The van der Waals surface area contributed by atoms with Crippen LogP contribution in [-0.4, -0.2) is 10.8 Å². The van der Waals surface area contributed by atoms with E-state index in [4.69, 9.17) is 0 Å². The number of carbonyl (C=O) groups is 1. The lowest BCUT2D eigenvalue weighted by molar-refractivity contribution is -0.121. The molecule has 1 aliphatic rings. The van der Waals surface area contributed by atoms with Gasteiger partial charge < -0.3 is 0 Å². The maximum absolute atomic E-state index is 11.6. The van der Waals surface area contributed by atoms with Gasteiger partial charge in [0.1, 0.15) is 5.78 Å². The summed E-state index contributed by atoms with van der Waals surface area (Å²) in [6.07, 6.45) is 8.29. The molecule has 1 heterocycles. The van der Waals surface area contributed by atoms with Crippen LogP contribution in [0, 0.1) is 12.8 Å². The number of Topliss-reactive ketones (excluding diaryl/α,β-unsaturated/α-hetero) is 1. The van der Waals surface area contributed by atoms with Gasteiger partial charge in [-0.2, -0.15) is 0 Å². The molecule has 23 heavy (non-hydrogen) atoms. The van der Waals surface area contributed by atoms with E-state index in [0.29, 0.717) is 5.78 Å². The number of rotatable bonds is 2. The Morgan fingerprint density at radius 1 is 1.35 bits per heavy atom. The summed E-state index contributed by atoms with van der Waals surface area (Å²) in [4.78, 5) is 16.1. The second kappa shape index (κ2) is 8.05. The number of aryl methyl sites for hydroxylation is 1. The monoisotopic (exact) mass is 311 g/mol. The van der Waals surface area contributed by atoms with Gasteiger partial charge >= 0.3 is 0 Å². The van der Waals surface area contributed by atoms with Crippen LogP contribution < -0.4 is 0 Å². The van der Waals surface area contributed by atoms with Gasteiger partial charge in [-0.3, -0.25) is 9.78 Å². The van der Waals surface area contributed by atoms with Crippen molar-refractivity contribution in [2.75, 3.05) is 0 Å². The van der Waals surface area contributed by atoms with Gasteiger partial charge in [0.2, 0.25) is 0 Å². The number of fused-ring (bicyclic) bond motifs is 1. The van der Waals surface area contributed by atoms with Gasteiger partial charge in [-0.15, -0.1) is 0 Å². The van der Waals surface area contributed by atoms with Crippen LogP contribution in [-0.2, 0) is 4.79 Å². The van der Waals surface area contributed by atoms with E-state index in [1.54, 1.807) is 6.92 Å². The molecule has 1 aliphatic carbocycles. The average Bonchev–Trinajstić information content (AvgIpc) is 2.57. The van der Waals surface area contributed by atoms with E-state index in [1.165, 1.54) is 21.9 Å². The zero-order valence-corrected chi connectivity index (χ0v) is 14.7. The normalized spacial score (nSPS) is 19.3. The molecular formula is C21H29NO. The van der Waals surface area contributed by atoms with Gasteiger partial charge in [-0.25, -0.2) is 0 Å². The summed E-state index contributed by atoms with van der Waals surface area (Å²) in [5.41, 5.74) is 3.63. The molecule has 2 aromatic rings. The van der Waals surface area contributed by atoms with Crippen molar-refractivity contribution in [1.29, 1.82) is 0 Å². The van der Waals surface area contributed by atoms with Crippen molar-refractivity contribution < 1.29 is 6.22 Å². The van der Waals surface area contributed by atoms with Crippen LogP contribution >= 0.6 is 0 Å². The molecule has 0 amide bonds. The summed E-state index contributed by atoms with van der Waals surface area (Å²) in [6, 6.07) is 8.47. The highest BCUT2D eigenvalue weighted by molar-refractivity contribution is 5.86. The predicted molar refractivity (Wildman–Crippen MR) is 101 cm³/mol. The molecule has 1 aromatic heterocycles. The summed E-state index contributed by atoms with van der Waals surface area (Å²) in [5.74, 6) is 0.537. The number of carbonyl (C=O) groups excluding carboxylic acids is 1. The van der Waals surface area contributed by atoms with Gasteiger partial charge in [-0.05, 0) is 62.6 Å². The van der Waals surface area contributed by atoms with Gasteiger partial charge in [0.15, 0.2) is 0 Å². The minimum atomic E-state index is 0. The van der Waals surface area contributed by atoms with Gasteiger partial charge in [-0.1, -0.05) is 37.6 Å². The van der Waals surface area contributed by atoms with Crippen LogP contribution in [0.1, 0.15) is 59.1 Å². The Hall–Kier alpha value is -1.96. The summed E-state index contributed by atoms with van der Waals surface area (Å²) >= 11 is 0. The van der Waals surface area contributed by atoms with Crippen LogP contribution in [0.3, 0.4) is 0 Å². The fraction of sp³-hybridized carbons (Fsp3) is 0.429. The Balaban J connectivity index is 0.000000925. The zero-order chi connectivity index (χ0) is 16.8. The minimum absolute atomic E-state index is 0. The molecule has 1 saturated carbocycles. The number of pyridine rings is 1. The Bertz CT molecular complexity index is 721. The first kappa shape index (κ1) is 17.4. The van der Waals surface area contributed by atoms with E-state index >= 15 is 0 Å². The number of benzene rings is 1. The molecule has 0 spiro atoms. The summed E-state index contributed by atoms with van der Waals surface area (Å²) in [6.45, 7) is 7.82. The quantitative estimate of drug-likeness (QED) is 0.683. The lowest BCUT2D eigenvalue weighted by Gasteiger charge is -2.21. The van der Waals surface area contributed by atoms with E-state index in [2.05, 4.69) is 42.2 Å². The molecule has 124 valence electrons. The minimum Gasteiger partial charge on any atom is -0.300 e. The molecule has 3 rings (SSSR count). The van der Waals surface area contributed by atoms with Gasteiger partial charge in [0, 0.05) is 18.9 Å². The summed E-state index contributed by atoms with van der Waals surface area (Å²) in [7, 11) is 0. The molecule has 0 radical (unpaired) electrons. The fourth-order valence-corrected chi connectivity index (χ4v) is 3.20. The third-order valence-corrected chi connectivity index (χ3v) is 4.49. The second-order valence-electron chi connectivity index (χ2n) is 6.11. The molecule has 2 heteroatoms. The molecule has 0 aliphatic heterocycles. The third-order valence-electron chi connectivity index (χ3n) is 4.49. The number of hydrogen-bond donors (Lipinski definition) is 0. The topological polar surface area (TPSA) is 30.0 Å². The number of nitrogens with zero attached hydrogens (tertiary/aromatic N) is 1. The molecule has 0 saturated heterocycles. The van der Waals surface area contributed by atoms with Crippen LogP contribution in [0.25, 0.3) is 16.8 Å². The van der Waals surface area contributed by atoms with Crippen molar-refractivity contribution in [3.05, 3.63) is 47.3 Å². The number of hydrogen-bond acceptors (Lipinski definition) is 2. The Labute approximate surface area is 141 Å². The van der Waals surface area contributed by atoms with E-state index in [1.807, 2.05) is 20.0 Å². The number of allylic oxidation sites excluding steroid dienone is 1. The highest BCUT2D eigenvalue weighted by atomic mass is 16.1. The van der Waals surface area contributed by atoms with Crippen LogP contribution in [0.2, 0.25) is 0 Å². The molecule has 1 atom stereocenters. The molecular weight excluding hydrogens is 282 g/mol. The first-order valence-corrected chi connectivity index (χ1v) is 8.69. The first-order valence-electron chi connectivity index (χ1n) is 8.69. The maximum Gasteiger partial charge on any atom is 0.133 e. The van der Waals surface area contributed by atoms with Gasteiger partial charge in [0.25, 0.3) is 0 Å². The van der Waals surface area contributed by atoms with Crippen LogP contribution in [0.4, 0.5) is 0 Å². The van der Waals surface area contributed by atoms with Crippen molar-refractivity contribution in [1.82, 2.24) is 4.98 Å². The summed E-state index contributed by atoms with van der Waals surface area (Å²) in [5, 5.41) is 2.45. The van der Waals surface area contributed by atoms with Crippen LogP contribution in [0.5, 0.6) is 0 Å². The Morgan fingerprint density at radius 2 is 2.13 bits per heavy atom. The largest absolute Gasteiger partial charge is 0.300 e. The number of ketones is 1. The van der Waals surface area contributed by atoms with Crippen LogP contribution in [0.15, 0.2) is 36.0 Å². The van der Waals surface area contributed by atoms with Crippen molar-refractivity contribution in [3.8, 4) is 0 Å². The molecule has 0 unspecified atom stereocenters. The van der Waals surface area contributed by atoms with Crippen molar-refractivity contribution in [3.63, 3.8) is 0 Å². The molecule has 1 fully saturated rings. The van der Waals surface area contributed by atoms with E-state index in [0.717, 1.165) is 31.4 Å². The molecule has 1 aromatic carbocycles. The Kier molecular flexibility index (Phi) is 6.09.